The second kappa shape index (κ2) is 8.82. The average Bonchev–Trinajstić information content (AvgIpc) is 3.43. The normalized spacial score (nSPS) is 15.5. The molecule has 2 heterocycles. The van der Waals surface area contributed by atoms with Gasteiger partial charge in [0.15, 0.2) is 17.0 Å². The Balaban J connectivity index is 1.31. The van der Waals surface area contributed by atoms with Crippen molar-refractivity contribution in [2.45, 2.75) is 5.54 Å². The van der Waals surface area contributed by atoms with E-state index in [2.05, 4.69) is 16.0 Å². The van der Waals surface area contributed by atoms with E-state index in [9.17, 15) is 19.2 Å². The third-order valence-electron chi connectivity index (χ3n) is 5.70. The third-order valence-corrected chi connectivity index (χ3v) is 5.70. The first-order valence-electron chi connectivity index (χ1n) is 10.7. The maximum absolute atomic E-state index is 13.6. The molecule has 1 saturated heterocycles. The number of hydrogen-bond donors (Lipinski definition) is 3. The quantitative estimate of drug-likeness (QED) is 0.490. The summed E-state index contributed by atoms with van der Waals surface area (Å²) in [6.07, 6.45) is 0. The molecular weight excluding hydrogens is 452 g/mol. The molecule has 1 fully saturated rings. The number of amides is 6. The Labute approximate surface area is 199 Å². The number of carbonyl (C=O) groups is 4. The molecule has 35 heavy (non-hydrogen) atoms. The number of nitrogens with zero attached hydrogens (tertiary/aromatic N) is 1. The van der Waals surface area contributed by atoms with Crippen molar-refractivity contribution in [2.75, 3.05) is 18.7 Å². The Morgan fingerprint density at radius 3 is 2.17 bits per heavy atom. The Morgan fingerprint density at radius 2 is 1.51 bits per heavy atom. The third kappa shape index (κ3) is 4.01. The van der Waals surface area contributed by atoms with E-state index >= 15 is 0 Å². The van der Waals surface area contributed by atoms with Gasteiger partial charge in [0.2, 0.25) is 12.7 Å². The minimum absolute atomic E-state index is 0.0862. The number of imide groups is 2. The van der Waals surface area contributed by atoms with Crippen LogP contribution in [0.5, 0.6) is 11.5 Å². The predicted molar refractivity (Wildman–Crippen MR) is 124 cm³/mol. The zero-order chi connectivity index (χ0) is 24.4. The van der Waals surface area contributed by atoms with Crippen LogP contribution in [0.15, 0.2) is 78.9 Å². The smallest absolute Gasteiger partial charge is 0.326 e. The Hall–Kier alpha value is -4.86. The van der Waals surface area contributed by atoms with E-state index in [1.165, 1.54) is 0 Å². The lowest BCUT2D eigenvalue weighted by Crippen LogP contribution is -2.47. The van der Waals surface area contributed by atoms with Crippen LogP contribution in [-0.2, 0) is 15.1 Å². The van der Waals surface area contributed by atoms with Gasteiger partial charge in [-0.15, -0.1) is 0 Å². The second-order valence-corrected chi connectivity index (χ2v) is 7.87. The Kier molecular flexibility index (Phi) is 5.54. The van der Waals surface area contributed by atoms with Crippen LogP contribution in [0.2, 0.25) is 0 Å². The van der Waals surface area contributed by atoms with E-state index in [0.29, 0.717) is 28.3 Å². The molecule has 0 aliphatic carbocycles. The van der Waals surface area contributed by atoms with E-state index in [-0.39, 0.29) is 6.79 Å². The summed E-state index contributed by atoms with van der Waals surface area (Å²) in [4.78, 5) is 52.1. The molecular formula is C25H20N4O6. The fourth-order valence-corrected chi connectivity index (χ4v) is 4.10. The van der Waals surface area contributed by atoms with Crippen molar-refractivity contribution >= 4 is 29.6 Å². The molecule has 5 rings (SSSR count). The Morgan fingerprint density at radius 1 is 0.886 bits per heavy atom. The minimum atomic E-state index is -1.49. The van der Waals surface area contributed by atoms with Gasteiger partial charge in [0, 0.05) is 11.8 Å². The summed E-state index contributed by atoms with van der Waals surface area (Å²) in [5.74, 6) is -0.438. The molecule has 0 spiro atoms. The molecule has 0 aromatic heterocycles. The lowest BCUT2D eigenvalue weighted by Gasteiger charge is -2.27. The fourth-order valence-electron chi connectivity index (χ4n) is 4.10. The highest BCUT2D eigenvalue weighted by Gasteiger charge is 2.54. The van der Waals surface area contributed by atoms with Gasteiger partial charge >= 0.3 is 12.1 Å². The number of anilines is 1. The van der Waals surface area contributed by atoms with Crippen LogP contribution in [0.3, 0.4) is 0 Å². The van der Waals surface area contributed by atoms with Gasteiger partial charge in [-0.3, -0.25) is 19.8 Å². The van der Waals surface area contributed by atoms with Crippen molar-refractivity contribution in [1.29, 1.82) is 0 Å². The Bertz CT molecular complexity index is 1270. The highest BCUT2D eigenvalue weighted by atomic mass is 16.7. The van der Waals surface area contributed by atoms with Gasteiger partial charge in [-0.1, -0.05) is 60.7 Å². The first-order chi connectivity index (χ1) is 17.0. The molecule has 0 radical (unpaired) electrons. The number of ether oxygens (including phenoxy) is 2. The molecule has 0 atom stereocenters. The molecule has 3 aromatic rings. The monoisotopic (exact) mass is 472 g/mol. The molecule has 176 valence electrons. The maximum atomic E-state index is 13.6. The molecule has 0 unspecified atom stereocenters. The van der Waals surface area contributed by atoms with E-state index in [1.54, 1.807) is 78.9 Å². The summed E-state index contributed by atoms with van der Waals surface area (Å²) in [6.45, 7) is -0.552. The van der Waals surface area contributed by atoms with Crippen LogP contribution in [0.4, 0.5) is 15.3 Å². The average molecular weight is 472 g/mol. The lowest BCUT2D eigenvalue weighted by molar-refractivity contribution is -0.133. The van der Waals surface area contributed by atoms with Gasteiger partial charge in [-0.05, 0) is 23.3 Å². The van der Waals surface area contributed by atoms with E-state index in [0.717, 1.165) is 4.90 Å². The van der Waals surface area contributed by atoms with Crippen LogP contribution in [0.1, 0.15) is 11.1 Å². The fraction of sp³-hybridized carbons (Fsp3) is 0.120. The van der Waals surface area contributed by atoms with Crippen molar-refractivity contribution in [3.8, 4) is 11.5 Å². The number of carbonyl (C=O) groups excluding carboxylic acids is 4. The first-order valence-corrected chi connectivity index (χ1v) is 10.7. The molecule has 10 heteroatoms. The standard InChI is InChI=1S/C25H20N4O6/c30-21(27-23(32)26-18-11-12-19-20(13-18)35-15-34-19)14-29-22(31)25(28-24(29)33,16-7-3-1-4-8-16)17-9-5-2-6-10-17/h1-13H,14-15H2,(H,28,33)(H2,26,27,30,32). The van der Waals surface area contributed by atoms with Crippen molar-refractivity contribution in [3.63, 3.8) is 0 Å². The van der Waals surface area contributed by atoms with E-state index in [4.69, 9.17) is 9.47 Å². The summed E-state index contributed by atoms with van der Waals surface area (Å²) in [7, 11) is 0. The number of hydrogen-bond acceptors (Lipinski definition) is 6. The van der Waals surface area contributed by atoms with Gasteiger partial charge in [0.05, 0.1) is 0 Å². The molecule has 2 aliphatic rings. The lowest BCUT2D eigenvalue weighted by atomic mass is 9.82. The van der Waals surface area contributed by atoms with Crippen molar-refractivity contribution in [1.82, 2.24) is 15.5 Å². The summed E-state index contributed by atoms with van der Waals surface area (Å²) < 4.78 is 10.5. The molecule has 10 nitrogen and oxygen atoms in total. The van der Waals surface area contributed by atoms with Crippen molar-refractivity contribution < 1.29 is 28.7 Å². The van der Waals surface area contributed by atoms with Crippen LogP contribution in [0, 0.1) is 0 Å². The second-order valence-electron chi connectivity index (χ2n) is 7.87. The van der Waals surface area contributed by atoms with E-state index < -0.39 is 36.0 Å². The molecule has 3 N–H and O–H groups in total. The first kappa shape index (κ1) is 22.0. The molecule has 3 aromatic carbocycles. The highest BCUT2D eigenvalue weighted by Crippen LogP contribution is 2.36. The SMILES string of the molecule is O=C(CN1C(=O)NC(c2ccccc2)(c2ccccc2)C1=O)NC(=O)Nc1ccc2c(c1)OCO2. The van der Waals surface area contributed by atoms with Gasteiger partial charge in [-0.2, -0.15) is 0 Å². The number of benzene rings is 3. The van der Waals surface area contributed by atoms with E-state index in [1.807, 2.05) is 0 Å². The molecule has 0 saturated carbocycles. The van der Waals surface area contributed by atoms with Crippen LogP contribution >= 0.6 is 0 Å². The zero-order valence-corrected chi connectivity index (χ0v) is 18.3. The van der Waals surface area contributed by atoms with Crippen molar-refractivity contribution in [2.24, 2.45) is 0 Å². The van der Waals surface area contributed by atoms with Crippen LogP contribution in [-0.4, -0.2) is 42.1 Å². The molecule has 2 aliphatic heterocycles. The van der Waals surface area contributed by atoms with Crippen molar-refractivity contribution in [3.05, 3.63) is 90.0 Å². The minimum Gasteiger partial charge on any atom is -0.454 e. The van der Waals surface area contributed by atoms with Crippen LogP contribution < -0.4 is 25.4 Å². The van der Waals surface area contributed by atoms with Gasteiger partial charge < -0.3 is 20.1 Å². The number of urea groups is 2. The largest absolute Gasteiger partial charge is 0.454 e. The summed E-state index contributed by atoms with van der Waals surface area (Å²) in [5, 5.41) is 7.40. The topological polar surface area (TPSA) is 126 Å². The summed E-state index contributed by atoms with van der Waals surface area (Å²) in [6, 6.07) is 20.8. The number of rotatable bonds is 5. The van der Waals surface area contributed by atoms with Gasteiger partial charge in [0.1, 0.15) is 6.54 Å². The van der Waals surface area contributed by atoms with Gasteiger partial charge in [-0.25, -0.2) is 9.59 Å². The predicted octanol–water partition coefficient (Wildman–Crippen LogP) is 2.56. The van der Waals surface area contributed by atoms with Gasteiger partial charge in [0.25, 0.3) is 5.91 Å². The maximum Gasteiger partial charge on any atom is 0.326 e. The number of nitrogens with one attached hydrogen (secondary N) is 3. The molecule has 6 amide bonds. The summed E-state index contributed by atoms with van der Waals surface area (Å²) >= 11 is 0. The summed E-state index contributed by atoms with van der Waals surface area (Å²) in [5.41, 5.74) is -0.0167. The number of fused-ring (bicyclic) bond motifs is 1. The highest BCUT2D eigenvalue weighted by molar-refractivity contribution is 6.12. The molecule has 0 bridgehead atoms. The van der Waals surface area contributed by atoms with Crippen LogP contribution in [0.25, 0.3) is 0 Å². The zero-order valence-electron chi connectivity index (χ0n) is 18.3.